The zero-order valence-electron chi connectivity index (χ0n) is 17.2. The van der Waals surface area contributed by atoms with E-state index >= 15 is 0 Å². The molecule has 0 saturated heterocycles. The van der Waals surface area contributed by atoms with Gasteiger partial charge in [-0.3, -0.25) is 9.59 Å². The normalized spacial score (nSPS) is 11.5. The maximum absolute atomic E-state index is 12.6. The van der Waals surface area contributed by atoms with Gasteiger partial charge < -0.3 is 10.6 Å². The number of carbonyl (C=O) groups excluding carboxylic acids is 2. The highest BCUT2D eigenvalue weighted by Crippen LogP contribution is 2.30. The van der Waals surface area contributed by atoms with Crippen LogP contribution in [0.5, 0.6) is 0 Å². The van der Waals surface area contributed by atoms with Crippen LogP contribution in [0.25, 0.3) is 10.6 Å². The first-order valence-corrected chi connectivity index (χ1v) is 12.4. The molecule has 0 fully saturated rings. The van der Waals surface area contributed by atoms with Gasteiger partial charge in [-0.2, -0.15) is 4.31 Å². The molecule has 2 N–H and O–H groups in total. The largest absolute Gasteiger partial charge is 0.351 e. The molecule has 0 bridgehead atoms. The SMILES string of the molecule is CC(=O)NCc1ccc(-c2csc(NC(=O)CN(C)S(=O)(=O)c3ccc(C)cc3)n2)s1. The van der Waals surface area contributed by atoms with Crippen LogP contribution < -0.4 is 10.6 Å². The average molecular weight is 479 g/mol. The molecule has 0 aliphatic rings. The maximum Gasteiger partial charge on any atom is 0.243 e. The standard InChI is InChI=1S/C20H22N4O4S3/c1-13-4-7-16(8-5-13)31(27,28)24(3)11-19(26)23-20-22-17(12-29-20)18-9-6-15(30-18)10-21-14(2)25/h4-9,12H,10-11H2,1-3H3,(H,21,25)(H,22,23,26). The molecular weight excluding hydrogens is 456 g/mol. The van der Waals surface area contributed by atoms with E-state index in [-0.39, 0.29) is 17.3 Å². The minimum Gasteiger partial charge on any atom is -0.351 e. The van der Waals surface area contributed by atoms with E-state index in [1.165, 1.54) is 48.8 Å². The summed E-state index contributed by atoms with van der Waals surface area (Å²) in [5.41, 5.74) is 1.66. The van der Waals surface area contributed by atoms with Crippen LogP contribution >= 0.6 is 22.7 Å². The molecule has 1 aromatic carbocycles. The Bertz CT molecular complexity index is 1180. The number of rotatable bonds is 8. The number of thiazole rings is 1. The Labute approximate surface area is 189 Å². The van der Waals surface area contributed by atoms with Gasteiger partial charge in [0.1, 0.15) is 0 Å². The van der Waals surface area contributed by atoms with Crippen LogP contribution in [-0.4, -0.2) is 43.1 Å². The van der Waals surface area contributed by atoms with E-state index in [0.717, 1.165) is 19.6 Å². The summed E-state index contributed by atoms with van der Waals surface area (Å²) < 4.78 is 26.3. The highest BCUT2D eigenvalue weighted by Gasteiger charge is 2.23. The number of likely N-dealkylation sites (N-methyl/N-ethyl adjacent to an activating group) is 1. The lowest BCUT2D eigenvalue weighted by Gasteiger charge is -2.16. The molecule has 11 heteroatoms. The first-order chi connectivity index (χ1) is 14.6. The van der Waals surface area contributed by atoms with Gasteiger partial charge >= 0.3 is 0 Å². The number of hydrogen-bond acceptors (Lipinski definition) is 7. The number of nitrogens with one attached hydrogen (secondary N) is 2. The summed E-state index contributed by atoms with van der Waals surface area (Å²) in [5, 5.41) is 7.60. The second kappa shape index (κ2) is 9.69. The van der Waals surface area contributed by atoms with Crippen LogP contribution in [-0.2, 0) is 26.2 Å². The number of hydrogen-bond donors (Lipinski definition) is 2. The van der Waals surface area contributed by atoms with Gasteiger partial charge in [-0.1, -0.05) is 17.7 Å². The molecule has 0 unspecified atom stereocenters. The van der Waals surface area contributed by atoms with Gasteiger partial charge in [0, 0.05) is 24.2 Å². The third kappa shape index (κ3) is 5.97. The number of anilines is 1. The minimum absolute atomic E-state index is 0.0945. The van der Waals surface area contributed by atoms with E-state index in [2.05, 4.69) is 15.6 Å². The van der Waals surface area contributed by atoms with Gasteiger partial charge in [0.2, 0.25) is 21.8 Å². The molecule has 164 valence electrons. The van der Waals surface area contributed by atoms with E-state index in [0.29, 0.717) is 17.4 Å². The predicted molar refractivity (Wildman–Crippen MR) is 123 cm³/mol. The first kappa shape index (κ1) is 23.1. The molecule has 0 radical (unpaired) electrons. The van der Waals surface area contributed by atoms with Gasteiger partial charge in [-0.15, -0.1) is 22.7 Å². The number of amides is 2. The number of thiophene rings is 1. The number of benzene rings is 1. The molecule has 0 aliphatic carbocycles. The number of nitrogens with zero attached hydrogens (tertiary/aromatic N) is 2. The van der Waals surface area contributed by atoms with Crippen molar-refractivity contribution in [3.05, 3.63) is 52.2 Å². The lowest BCUT2D eigenvalue weighted by molar-refractivity contribution is -0.119. The van der Waals surface area contributed by atoms with E-state index in [1.54, 1.807) is 12.1 Å². The Morgan fingerprint density at radius 1 is 1.13 bits per heavy atom. The van der Waals surface area contributed by atoms with Crippen molar-refractivity contribution in [3.8, 4) is 10.6 Å². The molecule has 31 heavy (non-hydrogen) atoms. The fraction of sp³-hybridized carbons (Fsp3) is 0.250. The molecule has 0 aliphatic heterocycles. The molecule has 3 rings (SSSR count). The number of aryl methyl sites for hydroxylation is 1. The summed E-state index contributed by atoms with van der Waals surface area (Å²) in [5.74, 6) is -0.570. The fourth-order valence-electron chi connectivity index (χ4n) is 2.60. The maximum atomic E-state index is 12.6. The van der Waals surface area contributed by atoms with Crippen molar-refractivity contribution >= 4 is 49.6 Å². The number of sulfonamides is 1. The molecule has 2 heterocycles. The zero-order valence-corrected chi connectivity index (χ0v) is 19.7. The van der Waals surface area contributed by atoms with E-state index in [1.807, 2.05) is 24.4 Å². The lowest BCUT2D eigenvalue weighted by atomic mass is 10.2. The van der Waals surface area contributed by atoms with Crippen LogP contribution in [0.4, 0.5) is 5.13 Å². The van der Waals surface area contributed by atoms with Gasteiger partial charge in [0.25, 0.3) is 0 Å². The highest BCUT2D eigenvalue weighted by atomic mass is 32.2. The van der Waals surface area contributed by atoms with Gasteiger partial charge in [-0.05, 0) is 31.2 Å². The summed E-state index contributed by atoms with van der Waals surface area (Å²) in [6.45, 7) is 3.46. The second-order valence-corrected chi connectivity index (χ2v) is 10.9. The first-order valence-electron chi connectivity index (χ1n) is 9.27. The molecule has 8 nitrogen and oxygen atoms in total. The van der Waals surface area contributed by atoms with Crippen molar-refractivity contribution in [1.29, 1.82) is 0 Å². The Kier molecular flexibility index (Phi) is 7.21. The van der Waals surface area contributed by atoms with E-state index in [9.17, 15) is 18.0 Å². The Morgan fingerprint density at radius 2 is 1.84 bits per heavy atom. The van der Waals surface area contributed by atoms with Crippen molar-refractivity contribution in [2.45, 2.75) is 25.3 Å². The van der Waals surface area contributed by atoms with E-state index in [4.69, 9.17) is 0 Å². The molecule has 0 spiro atoms. The molecule has 0 saturated carbocycles. The van der Waals surface area contributed by atoms with Crippen LogP contribution in [0.2, 0.25) is 0 Å². The topological polar surface area (TPSA) is 108 Å². The van der Waals surface area contributed by atoms with Gasteiger partial charge in [0.05, 0.1) is 28.6 Å². The average Bonchev–Trinajstić information content (AvgIpc) is 3.36. The molecular formula is C20H22N4O4S3. The predicted octanol–water partition coefficient (Wildman–Crippen LogP) is 3.08. The van der Waals surface area contributed by atoms with Crippen LogP contribution in [0, 0.1) is 6.92 Å². The van der Waals surface area contributed by atoms with E-state index < -0.39 is 15.9 Å². The summed E-state index contributed by atoms with van der Waals surface area (Å²) in [6.07, 6.45) is 0. The fourth-order valence-corrected chi connectivity index (χ4v) is 5.44. The number of carbonyl (C=O) groups is 2. The van der Waals surface area contributed by atoms with Crippen molar-refractivity contribution < 1.29 is 18.0 Å². The smallest absolute Gasteiger partial charge is 0.243 e. The second-order valence-electron chi connectivity index (χ2n) is 6.84. The molecule has 3 aromatic rings. The molecule has 0 atom stereocenters. The van der Waals surface area contributed by atoms with Crippen LogP contribution in [0.1, 0.15) is 17.4 Å². The summed E-state index contributed by atoms with van der Waals surface area (Å²) >= 11 is 2.76. The minimum atomic E-state index is -3.76. The van der Waals surface area contributed by atoms with Gasteiger partial charge in [0.15, 0.2) is 5.13 Å². The van der Waals surface area contributed by atoms with Crippen molar-refractivity contribution in [1.82, 2.24) is 14.6 Å². The summed E-state index contributed by atoms with van der Waals surface area (Å²) in [6, 6.07) is 10.3. The molecule has 2 amide bonds. The quantitative estimate of drug-likeness (QED) is 0.517. The Morgan fingerprint density at radius 3 is 2.52 bits per heavy atom. The van der Waals surface area contributed by atoms with Crippen molar-refractivity contribution in [3.63, 3.8) is 0 Å². The Balaban J connectivity index is 1.61. The summed E-state index contributed by atoms with van der Waals surface area (Å²) in [7, 11) is -2.40. The van der Waals surface area contributed by atoms with Crippen LogP contribution in [0.3, 0.4) is 0 Å². The Hall–Kier alpha value is -2.60. The highest BCUT2D eigenvalue weighted by molar-refractivity contribution is 7.89. The molecule has 2 aromatic heterocycles. The zero-order chi connectivity index (χ0) is 22.6. The monoisotopic (exact) mass is 478 g/mol. The van der Waals surface area contributed by atoms with Crippen molar-refractivity contribution in [2.24, 2.45) is 0 Å². The lowest BCUT2D eigenvalue weighted by Crippen LogP contribution is -2.34. The van der Waals surface area contributed by atoms with Crippen molar-refractivity contribution in [2.75, 3.05) is 18.9 Å². The number of aromatic nitrogens is 1. The summed E-state index contributed by atoms with van der Waals surface area (Å²) in [4.78, 5) is 29.8. The third-order valence-electron chi connectivity index (χ3n) is 4.27. The van der Waals surface area contributed by atoms with Crippen LogP contribution in [0.15, 0.2) is 46.7 Å². The van der Waals surface area contributed by atoms with Gasteiger partial charge in [-0.25, -0.2) is 13.4 Å². The third-order valence-corrected chi connectivity index (χ3v) is 7.95.